The number of rotatable bonds is 1. The van der Waals surface area contributed by atoms with Crippen LogP contribution in [-0.4, -0.2) is 6.54 Å². The van der Waals surface area contributed by atoms with Gasteiger partial charge in [-0.2, -0.15) is 0 Å². The van der Waals surface area contributed by atoms with E-state index in [-0.39, 0.29) is 0 Å². The molecule has 1 aromatic rings. The van der Waals surface area contributed by atoms with Gasteiger partial charge in [0, 0.05) is 12.2 Å². The molecule has 0 fully saturated rings. The predicted octanol–water partition coefficient (Wildman–Crippen LogP) is 2.86. The van der Waals surface area contributed by atoms with Crippen LogP contribution in [0.15, 0.2) is 18.2 Å². The van der Waals surface area contributed by atoms with Gasteiger partial charge in [-0.15, -0.1) is 0 Å². The maximum Gasteiger partial charge on any atom is 0.130 e. The minimum atomic E-state index is -1.22. The number of hydrogen-bond donors (Lipinski definition) is 1. The van der Waals surface area contributed by atoms with Crippen LogP contribution in [0.3, 0.4) is 0 Å². The van der Waals surface area contributed by atoms with Gasteiger partial charge in [0.05, 0.1) is 0 Å². The highest BCUT2D eigenvalue weighted by atomic mass is 19.1. The van der Waals surface area contributed by atoms with Gasteiger partial charge in [-0.1, -0.05) is 12.1 Å². The zero-order valence-corrected chi connectivity index (χ0v) is 8.02. The molecule has 2 heteroatoms. The Bertz CT molecular complexity index is 325. The zero-order chi connectivity index (χ0) is 9.47. The Hall–Kier alpha value is -1.05. The monoisotopic (exact) mass is 179 g/mol. The fourth-order valence-electron chi connectivity index (χ4n) is 1.90. The summed E-state index contributed by atoms with van der Waals surface area (Å²) >= 11 is 0. The van der Waals surface area contributed by atoms with Crippen LogP contribution in [0.5, 0.6) is 0 Å². The highest BCUT2D eigenvalue weighted by Crippen LogP contribution is 2.34. The Morgan fingerprint density at radius 3 is 2.85 bits per heavy atom. The third-order valence-electron chi connectivity index (χ3n) is 2.51. The van der Waals surface area contributed by atoms with Crippen LogP contribution < -0.4 is 5.32 Å². The van der Waals surface area contributed by atoms with Crippen LogP contribution in [0, 0.1) is 0 Å². The molecule has 0 bridgehead atoms. The van der Waals surface area contributed by atoms with E-state index in [1.165, 1.54) is 0 Å². The maximum atomic E-state index is 13.7. The second-order valence-electron chi connectivity index (χ2n) is 3.98. The van der Waals surface area contributed by atoms with Gasteiger partial charge in [0.2, 0.25) is 0 Å². The minimum absolute atomic E-state index is 0.829. The smallest absolute Gasteiger partial charge is 0.130 e. The molecule has 1 nitrogen and oxygen atoms in total. The first-order chi connectivity index (χ1) is 6.09. The van der Waals surface area contributed by atoms with Gasteiger partial charge in [-0.25, -0.2) is 4.39 Å². The van der Waals surface area contributed by atoms with E-state index in [9.17, 15) is 4.39 Å². The molecule has 0 aromatic heterocycles. The van der Waals surface area contributed by atoms with Gasteiger partial charge < -0.3 is 5.32 Å². The van der Waals surface area contributed by atoms with Gasteiger partial charge in [-0.05, 0) is 37.5 Å². The molecule has 0 aliphatic carbocycles. The number of hydrogen-bond acceptors (Lipinski definition) is 1. The van der Waals surface area contributed by atoms with Crippen LogP contribution in [0.25, 0.3) is 0 Å². The van der Waals surface area contributed by atoms with E-state index >= 15 is 0 Å². The van der Waals surface area contributed by atoms with E-state index in [4.69, 9.17) is 0 Å². The van der Waals surface area contributed by atoms with Crippen molar-refractivity contribution >= 4 is 5.69 Å². The Labute approximate surface area is 78.0 Å². The van der Waals surface area contributed by atoms with E-state index in [1.54, 1.807) is 13.8 Å². The molecule has 1 aliphatic heterocycles. The van der Waals surface area contributed by atoms with Crippen LogP contribution in [0.4, 0.5) is 10.1 Å². The molecule has 0 atom stereocenters. The summed E-state index contributed by atoms with van der Waals surface area (Å²) in [7, 11) is 0. The van der Waals surface area contributed by atoms with E-state index in [1.807, 2.05) is 18.2 Å². The number of alkyl halides is 1. The molecule has 2 rings (SSSR count). The fourth-order valence-corrected chi connectivity index (χ4v) is 1.90. The summed E-state index contributed by atoms with van der Waals surface area (Å²) in [6, 6.07) is 5.80. The Morgan fingerprint density at radius 1 is 1.38 bits per heavy atom. The Balaban J connectivity index is 2.54. The summed E-state index contributed by atoms with van der Waals surface area (Å²) in [4.78, 5) is 0. The molecule has 1 N–H and O–H groups in total. The van der Waals surface area contributed by atoms with E-state index in [2.05, 4.69) is 5.32 Å². The SMILES string of the molecule is CC(C)(F)c1cccc2c1CCN2. The molecule has 0 saturated heterocycles. The van der Waals surface area contributed by atoms with Crippen molar-refractivity contribution in [1.82, 2.24) is 0 Å². The molecule has 0 radical (unpaired) electrons. The standard InChI is InChI=1S/C11H14FN/c1-11(2,12)9-4-3-5-10-8(9)6-7-13-10/h3-5,13H,6-7H2,1-2H3. The first kappa shape index (κ1) is 8.54. The zero-order valence-electron chi connectivity index (χ0n) is 8.02. The Morgan fingerprint density at radius 2 is 2.15 bits per heavy atom. The molecule has 1 aliphatic rings. The number of halogens is 1. The Kier molecular flexibility index (Phi) is 1.79. The van der Waals surface area contributed by atoms with Crippen molar-refractivity contribution in [2.24, 2.45) is 0 Å². The molecule has 0 saturated carbocycles. The molecule has 0 amide bonds. The van der Waals surface area contributed by atoms with Gasteiger partial charge in [0.1, 0.15) is 5.67 Å². The average molecular weight is 179 g/mol. The van der Waals surface area contributed by atoms with E-state index in [0.717, 1.165) is 29.8 Å². The van der Waals surface area contributed by atoms with Gasteiger partial charge in [0.25, 0.3) is 0 Å². The quantitative estimate of drug-likeness (QED) is 0.699. The lowest BCUT2D eigenvalue weighted by molar-refractivity contribution is 0.220. The number of anilines is 1. The van der Waals surface area contributed by atoms with Crippen molar-refractivity contribution in [2.75, 3.05) is 11.9 Å². The lowest BCUT2D eigenvalue weighted by atomic mass is 9.93. The number of fused-ring (bicyclic) bond motifs is 1. The van der Waals surface area contributed by atoms with Gasteiger partial charge >= 0.3 is 0 Å². The summed E-state index contributed by atoms with van der Waals surface area (Å²) < 4.78 is 13.7. The van der Waals surface area contributed by atoms with Crippen molar-refractivity contribution in [1.29, 1.82) is 0 Å². The molecule has 0 spiro atoms. The fraction of sp³-hybridized carbons (Fsp3) is 0.455. The van der Waals surface area contributed by atoms with Crippen LogP contribution in [0.2, 0.25) is 0 Å². The summed E-state index contributed by atoms with van der Waals surface area (Å²) in [6.45, 7) is 4.16. The lowest BCUT2D eigenvalue weighted by Gasteiger charge is -2.18. The highest BCUT2D eigenvalue weighted by molar-refractivity contribution is 5.59. The summed E-state index contributed by atoms with van der Waals surface area (Å²) in [5.74, 6) is 0. The van der Waals surface area contributed by atoms with Crippen molar-refractivity contribution < 1.29 is 4.39 Å². The number of benzene rings is 1. The van der Waals surface area contributed by atoms with Crippen LogP contribution in [-0.2, 0) is 12.1 Å². The molecule has 0 unspecified atom stereocenters. The normalized spacial score (nSPS) is 15.3. The van der Waals surface area contributed by atoms with E-state index < -0.39 is 5.67 Å². The summed E-state index contributed by atoms with van der Waals surface area (Å²) in [6.07, 6.45) is 0.943. The molecular weight excluding hydrogens is 165 g/mol. The van der Waals surface area contributed by atoms with Crippen molar-refractivity contribution in [2.45, 2.75) is 25.9 Å². The largest absolute Gasteiger partial charge is 0.384 e. The first-order valence-corrected chi connectivity index (χ1v) is 4.64. The van der Waals surface area contributed by atoms with Crippen LogP contribution in [0.1, 0.15) is 25.0 Å². The molecule has 13 heavy (non-hydrogen) atoms. The molecular formula is C11H14FN. The number of nitrogens with one attached hydrogen (secondary N) is 1. The third kappa shape index (κ3) is 1.41. The summed E-state index contributed by atoms with van der Waals surface area (Å²) in [5.41, 5.74) is 1.85. The first-order valence-electron chi connectivity index (χ1n) is 4.64. The highest BCUT2D eigenvalue weighted by Gasteiger charge is 2.25. The van der Waals surface area contributed by atoms with E-state index in [0.29, 0.717) is 0 Å². The van der Waals surface area contributed by atoms with Gasteiger partial charge in [0.15, 0.2) is 0 Å². The maximum absolute atomic E-state index is 13.7. The van der Waals surface area contributed by atoms with Crippen molar-refractivity contribution in [3.8, 4) is 0 Å². The van der Waals surface area contributed by atoms with Gasteiger partial charge in [-0.3, -0.25) is 0 Å². The van der Waals surface area contributed by atoms with Crippen molar-refractivity contribution in [3.63, 3.8) is 0 Å². The van der Waals surface area contributed by atoms with Crippen molar-refractivity contribution in [3.05, 3.63) is 29.3 Å². The molecule has 1 aromatic carbocycles. The van der Waals surface area contributed by atoms with Crippen LogP contribution >= 0.6 is 0 Å². The second kappa shape index (κ2) is 2.72. The molecule has 70 valence electrons. The second-order valence-corrected chi connectivity index (χ2v) is 3.98. The topological polar surface area (TPSA) is 12.0 Å². The predicted molar refractivity (Wildman–Crippen MR) is 52.8 cm³/mol. The third-order valence-corrected chi connectivity index (χ3v) is 2.51. The minimum Gasteiger partial charge on any atom is -0.384 e. The molecule has 1 heterocycles. The average Bonchev–Trinajstić information content (AvgIpc) is 2.48. The lowest BCUT2D eigenvalue weighted by Crippen LogP contribution is -2.11. The summed E-state index contributed by atoms with van der Waals surface area (Å²) in [5, 5.41) is 3.25.